The van der Waals surface area contributed by atoms with Gasteiger partial charge in [0.15, 0.2) is 0 Å². The fourth-order valence-corrected chi connectivity index (χ4v) is 2.16. The minimum Gasteiger partial charge on any atom is -0.463 e. The number of rotatable bonds is 7. The molecule has 0 saturated heterocycles. The molecule has 1 aliphatic rings. The van der Waals surface area contributed by atoms with E-state index in [0.717, 1.165) is 0 Å². The van der Waals surface area contributed by atoms with Gasteiger partial charge in [-0.1, -0.05) is 6.07 Å². The van der Waals surface area contributed by atoms with Gasteiger partial charge in [0.25, 0.3) is 11.9 Å². The van der Waals surface area contributed by atoms with E-state index in [1.165, 1.54) is 24.2 Å². The molecular formula is C14H20N2O3S. The molecule has 1 N–H and O–H groups in total. The highest BCUT2D eigenvalue weighted by atomic mass is 32.1. The Hall–Kier alpha value is -1.40. The number of carbonyl (C=O) groups is 1. The summed E-state index contributed by atoms with van der Waals surface area (Å²) in [4.78, 5) is 17.0. The van der Waals surface area contributed by atoms with Crippen LogP contribution in [0.3, 0.4) is 0 Å². The summed E-state index contributed by atoms with van der Waals surface area (Å²) in [6.45, 7) is 4.19. The van der Waals surface area contributed by atoms with E-state index in [4.69, 9.17) is 9.47 Å². The highest BCUT2D eigenvalue weighted by molar-refractivity contribution is 7.12. The van der Waals surface area contributed by atoms with E-state index in [2.05, 4.69) is 10.3 Å². The van der Waals surface area contributed by atoms with Gasteiger partial charge in [0.05, 0.1) is 11.5 Å². The molecule has 1 aromatic heterocycles. The number of amides is 1. The van der Waals surface area contributed by atoms with Crippen LogP contribution in [-0.4, -0.2) is 38.3 Å². The minimum absolute atomic E-state index is 0.175. The average molecular weight is 296 g/mol. The van der Waals surface area contributed by atoms with Crippen molar-refractivity contribution in [3.8, 4) is 0 Å². The zero-order chi connectivity index (χ0) is 14.2. The van der Waals surface area contributed by atoms with Crippen molar-refractivity contribution < 1.29 is 14.3 Å². The third-order valence-corrected chi connectivity index (χ3v) is 3.69. The van der Waals surface area contributed by atoms with Crippen LogP contribution in [0.1, 0.15) is 29.4 Å². The number of thiophene rings is 1. The first kappa shape index (κ1) is 15.0. The molecule has 0 atom stereocenters. The van der Waals surface area contributed by atoms with Crippen molar-refractivity contribution in [1.29, 1.82) is 0 Å². The van der Waals surface area contributed by atoms with Crippen LogP contribution in [0, 0.1) is 5.92 Å². The molecule has 0 aromatic carbocycles. The Kier molecular flexibility index (Phi) is 6.01. The topological polar surface area (TPSA) is 59.9 Å². The molecule has 0 unspecified atom stereocenters. The molecule has 1 aliphatic carbocycles. The lowest BCUT2D eigenvalue weighted by Gasteiger charge is -2.10. The zero-order valence-electron chi connectivity index (χ0n) is 11.6. The summed E-state index contributed by atoms with van der Waals surface area (Å²) in [6.07, 6.45) is 2.43. The second-order valence-corrected chi connectivity index (χ2v) is 5.51. The standard InChI is InChI=1S/C14H20N2O3S/c1-2-18-7-8-19-14(15-10-11-5-6-11)16-13(17)12-4-3-9-20-12/h3-4,9,11H,2,5-8,10H2,1H3,(H,15,16,17). The Morgan fingerprint density at radius 3 is 3.00 bits per heavy atom. The smallest absolute Gasteiger partial charge is 0.291 e. The third-order valence-electron chi connectivity index (χ3n) is 2.83. The third kappa shape index (κ3) is 5.30. The van der Waals surface area contributed by atoms with Gasteiger partial charge in [-0.05, 0) is 37.1 Å². The van der Waals surface area contributed by atoms with Crippen LogP contribution in [0.25, 0.3) is 0 Å². The number of amidine groups is 1. The normalized spacial score (nSPS) is 15.2. The van der Waals surface area contributed by atoms with Crippen molar-refractivity contribution in [3.63, 3.8) is 0 Å². The van der Waals surface area contributed by atoms with E-state index in [9.17, 15) is 4.79 Å². The predicted molar refractivity (Wildman–Crippen MR) is 79.3 cm³/mol. The first-order valence-corrected chi connectivity index (χ1v) is 7.77. The molecule has 6 heteroatoms. The molecular weight excluding hydrogens is 276 g/mol. The van der Waals surface area contributed by atoms with Gasteiger partial charge in [0.2, 0.25) is 0 Å². The summed E-state index contributed by atoms with van der Waals surface area (Å²) in [6, 6.07) is 3.92. The summed E-state index contributed by atoms with van der Waals surface area (Å²) in [5, 5.41) is 4.59. The van der Waals surface area contributed by atoms with E-state index in [1.807, 2.05) is 18.4 Å². The first-order valence-electron chi connectivity index (χ1n) is 6.89. The van der Waals surface area contributed by atoms with Crippen LogP contribution in [0.5, 0.6) is 0 Å². The van der Waals surface area contributed by atoms with Gasteiger partial charge in [0.1, 0.15) is 6.61 Å². The van der Waals surface area contributed by atoms with Gasteiger partial charge >= 0.3 is 0 Å². The Labute approximate surface area is 123 Å². The van der Waals surface area contributed by atoms with Crippen molar-refractivity contribution in [2.24, 2.45) is 10.9 Å². The number of hydrogen-bond donors (Lipinski definition) is 1. The largest absolute Gasteiger partial charge is 0.463 e. The molecule has 1 amide bonds. The quantitative estimate of drug-likeness (QED) is 0.477. The molecule has 1 aromatic rings. The van der Waals surface area contributed by atoms with Crippen LogP contribution in [-0.2, 0) is 9.47 Å². The maximum atomic E-state index is 12.0. The molecule has 1 fully saturated rings. The fourth-order valence-electron chi connectivity index (χ4n) is 1.54. The minimum atomic E-state index is -0.175. The van der Waals surface area contributed by atoms with Gasteiger partial charge in [0, 0.05) is 13.2 Å². The summed E-state index contributed by atoms with van der Waals surface area (Å²) in [5.41, 5.74) is 0. The fraction of sp³-hybridized carbons (Fsp3) is 0.571. The van der Waals surface area contributed by atoms with Gasteiger partial charge < -0.3 is 9.47 Å². The first-order chi connectivity index (χ1) is 9.79. The van der Waals surface area contributed by atoms with Crippen molar-refractivity contribution in [1.82, 2.24) is 5.32 Å². The van der Waals surface area contributed by atoms with E-state index in [0.29, 0.717) is 43.2 Å². The van der Waals surface area contributed by atoms with Gasteiger partial charge in [-0.3, -0.25) is 10.1 Å². The SMILES string of the molecule is CCOCCOC(=NCC1CC1)NC(=O)c1cccs1. The van der Waals surface area contributed by atoms with Crippen molar-refractivity contribution in [2.75, 3.05) is 26.4 Å². The highest BCUT2D eigenvalue weighted by Gasteiger charge is 2.21. The van der Waals surface area contributed by atoms with Crippen molar-refractivity contribution >= 4 is 23.3 Å². The summed E-state index contributed by atoms with van der Waals surface area (Å²) >= 11 is 1.39. The number of carbonyl (C=O) groups excluding carboxylic acids is 1. The monoisotopic (exact) mass is 296 g/mol. The highest BCUT2D eigenvalue weighted by Crippen LogP contribution is 2.28. The van der Waals surface area contributed by atoms with Crippen LogP contribution >= 0.6 is 11.3 Å². The number of ether oxygens (including phenoxy) is 2. The molecule has 1 heterocycles. The molecule has 2 rings (SSSR count). The molecule has 1 saturated carbocycles. The number of nitrogens with zero attached hydrogens (tertiary/aromatic N) is 1. The van der Waals surface area contributed by atoms with Crippen LogP contribution in [0.4, 0.5) is 0 Å². The predicted octanol–water partition coefficient (Wildman–Crippen LogP) is 2.30. The Balaban J connectivity index is 1.84. The van der Waals surface area contributed by atoms with Gasteiger partial charge in [-0.15, -0.1) is 11.3 Å². The zero-order valence-corrected chi connectivity index (χ0v) is 12.4. The molecule has 0 bridgehead atoms. The molecule has 0 spiro atoms. The van der Waals surface area contributed by atoms with E-state index in [-0.39, 0.29) is 5.91 Å². The second-order valence-electron chi connectivity index (χ2n) is 4.57. The maximum absolute atomic E-state index is 12.0. The molecule has 5 nitrogen and oxygen atoms in total. The number of aliphatic imine (C=N–C) groups is 1. The number of hydrogen-bond acceptors (Lipinski definition) is 5. The van der Waals surface area contributed by atoms with Gasteiger partial charge in [-0.25, -0.2) is 4.99 Å². The van der Waals surface area contributed by atoms with E-state index in [1.54, 1.807) is 6.07 Å². The Bertz CT molecular complexity index is 441. The maximum Gasteiger partial charge on any atom is 0.291 e. The van der Waals surface area contributed by atoms with Crippen molar-refractivity contribution in [3.05, 3.63) is 22.4 Å². The lowest BCUT2D eigenvalue weighted by molar-refractivity contribution is 0.0925. The summed E-state index contributed by atoms with van der Waals surface area (Å²) < 4.78 is 10.7. The average Bonchev–Trinajstić information content (AvgIpc) is 3.11. The second kappa shape index (κ2) is 8.01. The lowest BCUT2D eigenvalue weighted by atomic mass is 10.4. The summed E-state index contributed by atoms with van der Waals surface area (Å²) in [5.74, 6) is 0.477. The van der Waals surface area contributed by atoms with Crippen LogP contribution < -0.4 is 5.32 Å². The van der Waals surface area contributed by atoms with E-state index < -0.39 is 0 Å². The Morgan fingerprint density at radius 2 is 2.35 bits per heavy atom. The Morgan fingerprint density at radius 1 is 1.50 bits per heavy atom. The van der Waals surface area contributed by atoms with Crippen LogP contribution in [0.15, 0.2) is 22.5 Å². The molecule has 0 aliphatic heterocycles. The molecule has 110 valence electrons. The van der Waals surface area contributed by atoms with E-state index >= 15 is 0 Å². The van der Waals surface area contributed by atoms with Crippen molar-refractivity contribution in [2.45, 2.75) is 19.8 Å². The molecule has 20 heavy (non-hydrogen) atoms. The lowest BCUT2D eigenvalue weighted by Crippen LogP contribution is -2.33. The number of nitrogens with one attached hydrogen (secondary N) is 1. The van der Waals surface area contributed by atoms with Gasteiger partial charge in [-0.2, -0.15) is 0 Å². The molecule has 0 radical (unpaired) electrons. The summed E-state index contributed by atoms with van der Waals surface area (Å²) in [7, 11) is 0. The van der Waals surface area contributed by atoms with Crippen LogP contribution in [0.2, 0.25) is 0 Å².